The van der Waals surface area contributed by atoms with Gasteiger partial charge in [0.25, 0.3) is 0 Å². The molecule has 19 heavy (non-hydrogen) atoms. The van der Waals surface area contributed by atoms with E-state index in [4.69, 9.17) is 0 Å². The molecule has 0 radical (unpaired) electrons. The Morgan fingerprint density at radius 3 is 2.37 bits per heavy atom. The summed E-state index contributed by atoms with van der Waals surface area (Å²) in [6.07, 6.45) is 7.11. The topological polar surface area (TPSA) is 18.5 Å². The summed E-state index contributed by atoms with van der Waals surface area (Å²) in [5, 5.41) is 3.50. The zero-order chi connectivity index (χ0) is 13.2. The molecular weight excluding hydrogens is 234 g/mol. The Balaban J connectivity index is 1.55. The highest BCUT2D eigenvalue weighted by atomic mass is 15.3. The van der Waals surface area contributed by atoms with Crippen LogP contribution < -0.4 is 5.32 Å². The average molecular weight is 265 g/mol. The summed E-state index contributed by atoms with van der Waals surface area (Å²) in [5.41, 5.74) is 0. The molecule has 0 spiro atoms. The average Bonchev–Trinajstić information content (AvgIpc) is 3.13. The Morgan fingerprint density at radius 2 is 1.79 bits per heavy atom. The van der Waals surface area contributed by atoms with Crippen LogP contribution in [0.1, 0.15) is 46.0 Å². The molecule has 0 aromatic rings. The summed E-state index contributed by atoms with van der Waals surface area (Å²) in [7, 11) is 0. The molecule has 2 saturated heterocycles. The summed E-state index contributed by atoms with van der Waals surface area (Å²) in [5.74, 6) is 0.954. The summed E-state index contributed by atoms with van der Waals surface area (Å²) >= 11 is 0. The molecule has 1 N–H and O–H groups in total. The number of rotatable bonds is 5. The monoisotopic (exact) mass is 265 g/mol. The second kappa shape index (κ2) is 6.11. The summed E-state index contributed by atoms with van der Waals surface area (Å²) in [4.78, 5) is 5.57. The van der Waals surface area contributed by atoms with Crippen molar-refractivity contribution >= 4 is 0 Å². The van der Waals surface area contributed by atoms with Crippen molar-refractivity contribution in [2.24, 2.45) is 5.92 Å². The standard InChI is InChI=1S/C16H31N3/c1-13(2)18-10-7-16(12-18)19(15-3-4-15)11-14-5-8-17-9-6-14/h13-17H,3-12H2,1-2H3. The van der Waals surface area contributed by atoms with Crippen molar-refractivity contribution in [1.29, 1.82) is 0 Å². The third-order valence-corrected chi connectivity index (χ3v) is 5.34. The Bertz CT molecular complexity index is 282. The predicted octanol–water partition coefficient (Wildman–Crippen LogP) is 1.93. The molecule has 1 aliphatic carbocycles. The fraction of sp³-hybridized carbons (Fsp3) is 1.00. The molecule has 1 saturated carbocycles. The highest BCUT2D eigenvalue weighted by Crippen LogP contribution is 2.33. The SMILES string of the molecule is CC(C)N1CCC(N(CC2CCNCC2)C2CC2)C1. The van der Waals surface area contributed by atoms with Crippen LogP contribution in [0, 0.1) is 5.92 Å². The van der Waals surface area contributed by atoms with E-state index in [2.05, 4.69) is 29.0 Å². The largest absolute Gasteiger partial charge is 0.317 e. The minimum Gasteiger partial charge on any atom is -0.317 e. The van der Waals surface area contributed by atoms with E-state index in [-0.39, 0.29) is 0 Å². The van der Waals surface area contributed by atoms with Gasteiger partial charge in [-0.15, -0.1) is 0 Å². The summed E-state index contributed by atoms with van der Waals surface area (Å²) < 4.78 is 0. The molecule has 3 nitrogen and oxygen atoms in total. The van der Waals surface area contributed by atoms with Crippen LogP contribution in [0.5, 0.6) is 0 Å². The fourth-order valence-corrected chi connectivity index (χ4v) is 3.87. The van der Waals surface area contributed by atoms with E-state index in [9.17, 15) is 0 Å². The number of nitrogens with one attached hydrogen (secondary N) is 1. The number of hydrogen-bond donors (Lipinski definition) is 1. The smallest absolute Gasteiger partial charge is 0.0238 e. The Morgan fingerprint density at radius 1 is 1.05 bits per heavy atom. The minimum atomic E-state index is 0.727. The number of piperidine rings is 1. The van der Waals surface area contributed by atoms with Gasteiger partial charge in [-0.2, -0.15) is 0 Å². The van der Waals surface area contributed by atoms with Gasteiger partial charge in [0.1, 0.15) is 0 Å². The van der Waals surface area contributed by atoms with E-state index >= 15 is 0 Å². The first-order valence-electron chi connectivity index (χ1n) is 8.44. The van der Waals surface area contributed by atoms with Gasteiger partial charge in [-0.25, -0.2) is 0 Å². The van der Waals surface area contributed by atoms with E-state index in [1.165, 1.54) is 64.8 Å². The first kappa shape index (κ1) is 13.8. The van der Waals surface area contributed by atoms with Crippen LogP contribution in [0.15, 0.2) is 0 Å². The highest BCUT2D eigenvalue weighted by molar-refractivity contribution is 4.94. The lowest BCUT2D eigenvalue weighted by Gasteiger charge is -2.34. The molecule has 0 aromatic carbocycles. The molecule has 3 aliphatic rings. The van der Waals surface area contributed by atoms with Gasteiger partial charge >= 0.3 is 0 Å². The fourth-order valence-electron chi connectivity index (χ4n) is 3.87. The third kappa shape index (κ3) is 3.50. The van der Waals surface area contributed by atoms with Gasteiger partial charge in [-0.05, 0) is 65.0 Å². The first-order valence-corrected chi connectivity index (χ1v) is 8.44. The second-order valence-electron chi connectivity index (χ2n) is 7.15. The molecular formula is C16H31N3. The molecule has 0 bridgehead atoms. The van der Waals surface area contributed by atoms with Gasteiger partial charge in [0, 0.05) is 37.8 Å². The van der Waals surface area contributed by atoms with Crippen LogP contribution in [0.2, 0.25) is 0 Å². The van der Waals surface area contributed by atoms with Crippen molar-refractivity contribution in [2.75, 3.05) is 32.7 Å². The molecule has 3 fully saturated rings. The number of nitrogens with zero attached hydrogens (tertiary/aromatic N) is 2. The van der Waals surface area contributed by atoms with Crippen LogP contribution in [0.4, 0.5) is 0 Å². The van der Waals surface area contributed by atoms with Crippen LogP contribution in [0.3, 0.4) is 0 Å². The molecule has 1 atom stereocenters. The number of hydrogen-bond acceptors (Lipinski definition) is 3. The Kier molecular flexibility index (Phi) is 4.45. The van der Waals surface area contributed by atoms with Gasteiger partial charge in [0.05, 0.1) is 0 Å². The van der Waals surface area contributed by atoms with Crippen LogP contribution in [0.25, 0.3) is 0 Å². The molecule has 0 aromatic heterocycles. The lowest BCUT2D eigenvalue weighted by atomic mass is 9.96. The number of likely N-dealkylation sites (tertiary alicyclic amines) is 1. The molecule has 110 valence electrons. The minimum absolute atomic E-state index is 0.727. The van der Waals surface area contributed by atoms with E-state index < -0.39 is 0 Å². The third-order valence-electron chi connectivity index (χ3n) is 5.34. The van der Waals surface area contributed by atoms with Crippen molar-refractivity contribution in [3.8, 4) is 0 Å². The quantitative estimate of drug-likeness (QED) is 0.819. The first-order chi connectivity index (χ1) is 9.24. The van der Waals surface area contributed by atoms with E-state index in [1.54, 1.807) is 0 Å². The maximum atomic E-state index is 3.50. The van der Waals surface area contributed by atoms with Gasteiger partial charge in [0.2, 0.25) is 0 Å². The van der Waals surface area contributed by atoms with Crippen molar-refractivity contribution in [3.05, 3.63) is 0 Å². The maximum absolute atomic E-state index is 3.50. The van der Waals surface area contributed by atoms with Crippen molar-refractivity contribution in [3.63, 3.8) is 0 Å². The van der Waals surface area contributed by atoms with E-state index in [0.29, 0.717) is 0 Å². The van der Waals surface area contributed by atoms with E-state index in [0.717, 1.165) is 24.0 Å². The van der Waals surface area contributed by atoms with Crippen LogP contribution >= 0.6 is 0 Å². The molecule has 3 heteroatoms. The van der Waals surface area contributed by atoms with Crippen molar-refractivity contribution in [1.82, 2.24) is 15.1 Å². The van der Waals surface area contributed by atoms with Gasteiger partial charge in [0.15, 0.2) is 0 Å². The molecule has 3 rings (SSSR count). The molecule has 1 unspecified atom stereocenters. The van der Waals surface area contributed by atoms with Gasteiger partial charge in [-0.1, -0.05) is 0 Å². The Labute approximate surface area is 118 Å². The summed E-state index contributed by atoms with van der Waals surface area (Å²) in [6, 6.07) is 2.52. The van der Waals surface area contributed by atoms with Gasteiger partial charge < -0.3 is 5.32 Å². The molecule has 2 heterocycles. The summed E-state index contributed by atoms with van der Waals surface area (Å²) in [6.45, 7) is 11.2. The zero-order valence-electron chi connectivity index (χ0n) is 12.8. The van der Waals surface area contributed by atoms with Crippen LogP contribution in [-0.2, 0) is 0 Å². The van der Waals surface area contributed by atoms with Gasteiger partial charge in [-0.3, -0.25) is 9.80 Å². The van der Waals surface area contributed by atoms with Crippen molar-refractivity contribution in [2.45, 2.75) is 64.1 Å². The zero-order valence-corrected chi connectivity index (χ0v) is 12.8. The maximum Gasteiger partial charge on any atom is 0.0238 e. The second-order valence-corrected chi connectivity index (χ2v) is 7.15. The highest BCUT2D eigenvalue weighted by Gasteiger charge is 2.38. The predicted molar refractivity (Wildman–Crippen MR) is 80.4 cm³/mol. The normalized spacial score (nSPS) is 30.6. The molecule has 0 amide bonds. The van der Waals surface area contributed by atoms with E-state index in [1.807, 2.05) is 0 Å². The van der Waals surface area contributed by atoms with Crippen LogP contribution in [-0.4, -0.2) is 60.6 Å². The Hall–Kier alpha value is -0.120. The lowest BCUT2D eigenvalue weighted by Crippen LogP contribution is -2.44. The molecule has 2 aliphatic heterocycles. The lowest BCUT2D eigenvalue weighted by molar-refractivity contribution is 0.138. The van der Waals surface area contributed by atoms with Crippen molar-refractivity contribution < 1.29 is 0 Å².